The minimum Gasteiger partial charge on any atom is -0.464 e. The summed E-state index contributed by atoms with van der Waals surface area (Å²) in [4.78, 5) is 2.14. The van der Waals surface area contributed by atoms with Gasteiger partial charge in [-0.25, -0.2) is 0 Å². The zero-order valence-corrected chi connectivity index (χ0v) is 12.2. The molecule has 1 N–H and O–H groups in total. The number of fused-ring (bicyclic) bond motifs is 1. The van der Waals surface area contributed by atoms with Crippen molar-refractivity contribution in [1.82, 2.24) is 10.2 Å². The van der Waals surface area contributed by atoms with Crippen LogP contribution in [0.25, 0.3) is 0 Å². The van der Waals surface area contributed by atoms with E-state index in [1.165, 1.54) is 16.9 Å². The van der Waals surface area contributed by atoms with E-state index in [1.54, 1.807) is 0 Å². The fraction of sp³-hybridized carbons (Fsp3) is 0.412. The second-order valence-corrected chi connectivity index (χ2v) is 5.87. The third-order valence-corrected chi connectivity index (χ3v) is 3.76. The third-order valence-electron chi connectivity index (χ3n) is 3.76. The van der Waals surface area contributed by atoms with E-state index in [9.17, 15) is 0 Å². The van der Waals surface area contributed by atoms with Gasteiger partial charge in [-0.2, -0.15) is 0 Å². The fourth-order valence-corrected chi connectivity index (χ4v) is 2.83. The first-order valence-electron chi connectivity index (χ1n) is 7.23. The van der Waals surface area contributed by atoms with Crippen molar-refractivity contribution < 1.29 is 4.42 Å². The lowest BCUT2D eigenvalue weighted by Crippen LogP contribution is -2.36. The van der Waals surface area contributed by atoms with Crippen LogP contribution in [0.15, 0.2) is 40.8 Å². The van der Waals surface area contributed by atoms with Crippen molar-refractivity contribution in [2.75, 3.05) is 14.1 Å². The molecule has 3 heteroatoms. The summed E-state index contributed by atoms with van der Waals surface area (Å²) >= 11 is 0. The summed E-state index contributed by atoms with van der Waals surface area (Å²) in [7, 11) is 4.13. The van der Waals surface area contributed by atoms with Crippen LogP contribution in [0.1, 0.15) is 22.6 Å². The lowest BCUT2D eigenvalue weighted by atomic mass is 9.97. The SMILES string of the molecule is CN(C)Cc1cc2c(o1)CC(Cc1ccccc1)NC2. The molecule has 1 aromatic heterocycles. The van der Waals surface area contributed by atoms with Crippen LogP contribution in [0, 0.1) is 0 Å². The van der Waals surface area contributed by atoms with E-state index in [4.69, 9.17) is 4.42 Å². The van der Waals surface area contributed by atoms with Crippen LogP contribution in [-0.4, -0.2) is 25.0 Å². The van der Waals surface area contributed by atoms with Crippen LogP contribution in [0.3, 0.4) is 0 Å². The molecular formula is C17H22N2O. The highest BCUT2D eigenvalue weighted by molar-refractivity contribution is 5.26. The van der Waals surface area contributed by atoms with Crippen LogP contribution in [0.5, 0.6) is 0 Å². The summed E-state index contributed by atoms with van der Waals surface area (Å²) in [5.41, 5.74) is 2.71. The molecule has 1 aromatic carbocycles. The molecule has 3 rings (SSSR count). The average Bonchev–Trinajstić information content (AvgIpc) is 2.80. The van der Waals surface area contributed by atoms with Gasteiger partial charge in [0.1, 0.15) is 11.5 Å². The molecule has 1 unspecified atom stereocenters. The van der Waals surface area contributed by atoms with Gasteiger partial charge in [0.15, 0.2) is 0 Å². The van der Waals surface area contributed by atoms with E-state index < -0.39 is 0 Å². The predicted octanol–water partition coefficient (Wildman–Crippen LogP) is 2.60. The second-order valence-electron chi connectivity index (χ2n) is 5.87. The Bertz CT molecular complexity index is 560. The maximum absolute atomic E-state index is 6.00. The summed E-state index contributed by atoms with van der Waals surface area (Å²) in [5, 5.41) is 3.62. The maximum atomic E-state index is 6.00. The van der Waals surface area contributed by atoms with Crippen molar-refractivity contribution in [3.05, 3.63) is 59.0 Å². The van der Waals surface area contributed by atoms with E-state index in [-0.39, 0.29) is 0 Å². The molecule has 2 aromatic rings. The van der Waals surface area contributed by atoms with Gasteiger partial charge in [0, 0.05) is 24.6 Å². The number of nitrogens with zero attached hydrogens (tertiary/aromatic N) is 1. The monoisotopic (exact) mass is 270 g/mol. The van der Waals surface area contributed by atoms with Gasteiger partial charge in [0.25, 0.3) is 0 Å². The summed E-state index contributed by atoms with van der Waals surface area (Å²) in [5.74, 6) is 2.24. The largest absolute Gasteiger partial charge is 0.464 e. The molecule has 3 nitrogen and oxygen atoms in total. The van der Waals surface area contributed by atoms with Crippen LogP contribution in [-0.2, 0) is 25.9 Å². The summed E-state index contributed by atoms with van der Waals surface area (Å²) in [6, 6.07) is 13.3. The van der Waals surface area contributed by atoms with Gasteiger partial charge >= 0.3 is 0 Å². The predicted molar refractivity (Wildman–Crippen MR) is 80.6 cm³/mol. The van der Waals surface area contributed by atoms with Gasteiger partial charge in [-0.3, -0.25) is 0 Å². The van der Waals surface area contributed by atoms with Crippen molar-refractivity contribution in [2.24, 2.45) is 0 Å². The van der Waals surface area contributed by atoms with Crippen molar-refractivity contribution in [3.63, 3.8) is 0 Å². The number of nitrogens with one attached hydrogen (secondary N) is 1. The maximum Gasteiger partial charge on any atom is 0.118 e. The number of hydrogen-bond donors (Lipinski definition) is 1. The van der Waals surface area contributed by atoms with Crippen LogP contribution in [0.4, 0.5) is 0 Å². The minimum atomic E-state index is 0.475. The minimum absolute atomic E-state index is 0.475. The van der Waals surface area contributed by atoms with E-state index in [2.05, 4.69) is 60.7 Å². The molecular weight excluding hydrogens is 248 g/mol. The fourth-order valence-electron chi connectivity index (χ4n) is 2.83. The zero-order valence-electron chi connectivity index (χ0n) is 12.2. The Morgan fingerprint density at radius 3 is 2.80 bits per heavy atom. The topological polar surface area (TPSA) is 28.4 Å². The van der Waals surface area contributed by atoms with Gasteiger partial charge in [0.2, 0.25) is 0 Å². The molecule has 1 atom stereocenters. The highest BCUT2D eigenvalue weighted by atomic mass is 16.3. The number of furan rings is 1. The molecule has 1 aliphatic rings. The van der Waals surface area contributed by atoms with Gasteiger partial charge in [0.05, 0.1) is 6.54 Å². The molecule has 1 aliphatic heterocycles. The Hall–Kier alpha value is -1.58. The van der Waals surface area contributed by atoms with Crippen LogP contribution >= 0.6 is 0 Å². The van der Waals surface area contributed by atoms with Gasteiger partial charge in [-0.05, 0) is 32.1 Å². The highest BCUT2D eigenvalue weighted by Gasteiger charge is 2.22. The van der Waals surface area contributed by atoms with E-state index >= 15 is 0 Å². The van der Waals surface area contributed by atoms with Crippen molar-refractivity contribution in [2.45, 2.75) is 32.0 Å². The smallest absolute Gasteiger partial charge is 0.118 e. The Balaban J connectivity index is 1.67. The molecule has 0 saturated heterocycles. The molecule has 0 bridgehead atoms. The Morgan fingerprint density at radius 2 is 2.05 bits per heavy atom. The normalized spacial score (nSPS) is 18.2. The molecule has 0 saturated carbocycles. The lowest BCUT2D eigenvalue weighted by Gasteiger charge is -2.22. The molecule has 0 spiro atoms. The third kappa shape index (κ3) is 3.11. The Kier molecular flexibility index (Phi) is 3.90. The molecule has 0 fully saturated rings. The zero-order chi connectivity index (χ0) is 13.9. The van der Waals surface area contributed by atoms with Crippen LogP contribution in [0.2, 0.25) is 0 Å². The molecule has 0 radical (unpaired) electrons. The molecule has 0 amide bonds. The first kappa shape index (κ1) is 13.4. The summed E-state index contributed by atoms with van der Waals surface area (Å²) in [6.45, 7) is 1.79. The van der Waals surface area contributed by atoms with Crippen molar-refractivity contribution >= 4 is 0 Å². The molecule has 2 heterocycles. The highest BCUT2D eigenvalue weighted by Crippen LogP contribution is 2.23. The molecule has 0 aliphatic carbocycles. The van der Waals surface area contributed by atoms with E-state index in [1.807, 2.05) is 0 Å². The summed E-state index contributed by atoms with van der Waals surface area (Å²) in [6.07, 6.45) is 2.04. The van der Waals surface area contributed by atoms with Gasteiger partial charge in [-0.1, -0.05) is 30.3 Å². The van der Waals surface area contributed by atoms with Crippen LogP contribution < -0.4 is 5.32 Å². The number of hydrogen-bond acceptors (Lipinski definition) is 3. The standard InChI is InChI=1S/C17H22N2O/c1-19(2)12-16-9-14-11-18-15(10-17(14)20-16)8-13-6-4-3-5-7-13/h3-7,9,15,18H,8,10-12H2,1-2H3. The van der Waals surface area contributed by atoms with E-state index in [0.29, 0.717) is 6.04 Å². The van der Waals surface area contributed by atoms with Gasteiger partial charge in [-0.15, -0.1) is 0 Å². The quantitative estimate of drug-likeness (QED) is 0.925. The molecule has 20 heavy (non-hydrogen) atoms. The first-order valence-corrected chi connectivity index (χ1v) is 7.23. The molecule has 106 valence electrons. The van der Waals surface area contributed by atoms with Crippen molar-refractivity contribution in [3.8, 4) is 0 Å². The van der Waals surface area contributed by atoms with Gasteiger partial charge < -0.3 is 14.6 Å². The van der Waals surface area contributed by atoms with Crippen molar-refractivity contribution in [1.29, 1.82) is 0 Å². The Labute approximate surface area is 120 Å². The Morgan fingerprint density at radius 1 is 1.25 bits per heavy atom. The average molecular weight is 270 g/mol. The second kappa shape index (κ2) is 5.81. The lowest BCUT2D eigenvalue weighted by molar-refractivity contribution is 0.330. The van der Waals surface area contributed by atoms with E-state index in [0.717, 1.165) is 31.7 Å². The summed E-state index contributed by atoms with van der Waals surface area (Å²) < 4.78 is 6.00. The number of rotatable bonds is 4. The number of benzene rings is 1. The first-order chi connectivity index (χ1) is 9.70.